The van der Waals surface area contributed by atoms with Crippen molar-refractivity contribution in [3.05, 3.63) is 0 Å². The second kappa shape index (κ2) is 3.44. The van der Waals surface area contributed by atoms with Gasteiger partial charge in [0.05, 0.1) is 6.61 Å². The van der Waals surface area contributed by atoms with Gasteiger partial charge in [0.2, 0.25) is 0 Å². The lowest BCUT2D eigenvalue weighted by molar-refractivity contribution is -0.243. The van der Waals surface area contributed by atoms with E-state index >= 15 is 0 Å². The van der Waals surface area contributed by atoms with Crippen molar-refractivity contribution < 1.29 is 25.3 Å². The highest BCUT2D eigenvalue weighted by atomic mass is 16.7. The van der Waals surface area contributed by atoms with Gasteiger partial charge in [-0.3, -0.25) is 4.84 Å². The molecule has 1 aliphatic heterocycles. The molecule has 0 aromatic heterocycles. The molecule has 5 N–H and O–H groups in total. The summed E-state index contributed by atoms with van der Waals surface area (Å²) >= 11 is 0. The number of hydroxylamine groups is 1. The van der Waals surface area contributed by atoms with E-state index in [4.69, 9.17) is 20.4 Å². The molecule has 6 nitrogen and oxygen atoms in total. The summed E-state index contributed by atoms with van der Waals surface area (Å²) < 4.78 is 0. The molecule has 11 heavy (non-hydrogen) atoms. The molecule has 0 bridgehead atoms. The van der Waals surface area contributed by atoms with Gasteiger partial charge in [-0.25, -0.2) is 0 Å². The van der Waals surface area contributed by atoms with Crippen LogP contribution < -0.4 is 5.48 Å². The SMILES string of the molecule is OCC1ONC(O)C(O)[C@@H]1O. The average molecular weight is 165 g/mol. The highest BCUT2D eigenvalue weighted by Gasteiger charge is 2.36. The van der Waals surface area contributed by atoms with E-state index in [9.17, 15) is 0 Å². The van der Waals surface area contributed by atoms with Gasteiger partial charge in [-0.2, -0.15) is 5.48 Å². The molecule has 0 saturated carbocycles. The first-order chi connectivity index (χ1) is 5.16. The molecule has 0 radical (unpaired) electrons. The van der Waals surface area contributed by atoms with Crippen molar-refractivity contribution >= 4 is 0 Å². The molecular formula is C5H11NO5. The smallest absolute Gasteiger partial charge is 0.155 e. The van der Waals surface area contributed by atoms with Gasteiger partial charge >= 0.3 is 0 Å². The van der Waals surface area contributed by atoms with Gasteiger partial charge in [0, 0.05) is 0 Å². The monoisotopic (exact) mass is 165 g/mol. The van der Waals surface area contributed by atoms with E-state index < -0.39 is 31.1 Å². The van der Waals surface area contributed by atoms with Crippen molar-refractivity contribution in [2.24, 2.45) is 0 Å². The number of hydrogen-bond acceptors (Lipinski definition) is 6. The Morgan fingerprint density at radius 2 is 1.82 bits per heavy atom. The molecule has 4 atom stereocenters. The average Bonchev–Trinajstić information content (AvgIpc) is 2.01. The fraction of sp³-hybridized carbons (Fsp3) is 1.00. The van der Waals surface area contributed by atoms with Crippen LogP contribution in [0.25, 0.3) is 0 Å². The highest BCUT2D eigenvalue weighted by Crippen LogP contribution is 2.10. The third-order valence-corrected chi connectivity index (χ3v) is 1.57. The Kier molecular flexibility index (Phi) is 2.77. The number of aliphatic hydroxyl groups is 4. The molecule has 1 saturated heterocycles. The lowest BCUT2D eigenvalue weighted by atomic mass is 10.1. The summed E-state index contributed by atoms with van der Waals surface area (Å²) in [6.07, 6.45) is -4.81. The molecule has 0 spiro atoms. The molecule has 0 amide bonds. The van der Waals surface area contributed by atoms with Crippen LogP contribution in [0.15, 0.2) is 0 Å². The standard InChI is InChI=1S/C5H11NO5/c7-1-2-3(8)4(9)5(10)6-11-2/h2-10H,1H2/t2?,3-,4?,5?/m1/s1. The van der Waals surface area contributed by atoms with E-state index in [-0.39, 0.29) is 0 Å². The number of rotatable bonds is 1. The Bertz CT molecular complexity index is 130. The summed E-state index contributed by atoms with van der Waals surface area (Å²) in [6.45, 7) is -0.419. The fourth-order valence-corrected chi connectivity index (χ4v) is 0.848. The van der Waals surface area contributed by atoms with Crippen molar-refractivity contribution in [2.45, 2.75) is 24.5 Å². The van der Waals surface area contributed by atoms with Crippen molar-refractivity contribution in [2.75, 3.05) is 6.61 Å². The fourth-order valence-electron chi connectivity index (χ4n) is 0.848. The van der Waals surface area contributed by atoms with Crippen molar-refractivity contribution in [3.63, 3.8) is 0 Å². The van der Waals surface area contributed by atoms with Gasteiger partial charge in [0.25, 0.3) is 0 Å². The Morgan fingerprint density at radius 1 is 1.18 bits per heavy atom. The van der Waals surface area contributed by atoms with Gasteiger partial charge in [-0.15, -0.1) is 0 Å². The first kappa shape index (κ1) is 8.85. The highest BCUT2D eigenvalue weighted by molar-refractivity contribution is 4.82. The molecule has 0 aromatic rings. The van der Waals surface area contributed by atoms with E-state index in [1.807, 2.05) is 5.48 Å². The largest absolute Gasteiger partial charge is 0.393 e. The minimum absolute atomic E-state index is 0.419. The van der Waals surface area contributed by atoms with Crippen LogP contribution in [0.3, 0.4) is 0 Å². The van der Waals surface area contributed by atoms with E-state index in [2.05, 4.69) is 4.84 Å². The molecular weight excluding hydrogens is 154 g/mol. The maximum Gasteiger partial charge on any atom is 0.155 e. The summed E-state index contributed by atoms with van der Waals surface area (Å²) in [5.74, 6) is 0. The Morgan fingerprint density at radius 3 is 2.36 bits per heavy atom. The Balaban J connectivity index is 2.52. The summed E-state index contributed by atoms with van der Waals surface area (Å²) in [5, 5.41) is 35.4. The molecule has 1 heterocycles. The van der Waals surface area contributed by atoms with Crippen molar-refractivity contribution in [1.82, 2.24) is 5.48 Å². The van der Waals surface area contributed by atoms with E-state index in [0.717, 1.165) is 0 Å². The molecule has 1 aliphatic rings. The summed E-state index contributed by atoms with van der Waals surface area (Å²) in [6, 6.07) is 0. The molecule has 1 fully saturated rings. The Labute approximate surface area is 63.0 Å². The first-order valence-corrected chi connectivity index (χ1v) is 3.23. The van der Waals surface area contributed by atoms with Gasteiger partial charge in [0.1, 0.15) is 18.3 Å². The minimum Gasteiger partial charge on any atom is -0.393 e. The molecule has 0 aromatic carbocycles. The van der Waals surface area contributed by atoms with E-state index in [1.54, 1.807) is 0 Å². The summed E-state index contributed by atoms with van der Waals surface area (Å²) in [5.41, 5.74) is 2.05. The van der Waals surface area contributed by atoms with Gasteiger partial charge in [-0.1, -0.05) is 0 Å². The van der Waals surface area contributed by atoms with Crippen LogP contribution in [0.5, 0.6) is 0 Å². The third kappa shape index (κ3) is 1.67. The lowest BCUT2D eigenvalue weighted by Crippen LogP contribution is -2.59. The summed E-state index contributed by atoms with van der Waals surface area (Å²) in [7, 11) is 0. The third-order valence-electron chi connectivity index (χ3n) is 1.57. The normalized spacial score (nSPS) is 45.8. The van der Waals surface area contributed by atoms with E-state index in [1.165, 1.54) is 0 Å². The van der Waals surface area contributed by atoms with E-state index in [0.29, 0.717) is 0 Å². The van der Waals surface area contributed by atoms with Gasteiger partial charge in [-0.05, 0) is 0 Å². The van der Waals surface area contributed by atoms with Crippen molar-refractivity contribution in [3.8, 4) is 0 Å². The predicted octanol–water partition coefficient (Wildman–Crippen LogP) is -3.08. The molecule has 1 rings (SSSR count). The topological polar surface area (TPSA) is 102 Å². The van der Waals surface area contributed by atoms with Crippen LogP contribution >= 0.6 is 0 Å². The minimum atomic E-state index is -1.33. The van der Waals surface area contributed by atoms with Crippen LogP contribution in [0.2, 0.25) is 0 Å². The molecule has 3 unspecified atom stereocenters. The second-order valence-corrected chi connectivity index (χ2v) is 2.38. The van der Waals surface area contributed by atoms with Gasteiger partial charge in [0.15, 0.2) is 6.23 Å². The predicted molar refractivity (Wildman–Crippen MR) is 33.1 cm³/mol. The first-order valence-electron chi connectivity index (χ1n) is 3.23. The van der Waals surface area contributed by atoms with Crippen LogP contribution in [-0.4, -0.2) is 51.6 Å². The Hall–Kier alpha value is -0.240. The zero-order chi connectivity index (χ0) is 8.43. The molecule has 0 aliphatic carbocycles. The quantitative estimate of drug-likeness (QED) is 0.282. The number of aliphatic hydroxyl groups excluding tert-OH is 4. The maximum atomic E-state index is 9.07. The summed E-state index contributed by atoms with van der Waals surface area (Å²) in [4.78, 5) is 4.56. The lowest BCUT2D eigenvalue weighted by Gasteiger charge is -2.34. The molecule has 66 valence electrons. The van der Waals surface area contributed by atoms with Crippen LogP contribution in [0.4, 0.5) is 0 Å². The van der Waals surface area contributed by atoms with Crippen LogP contribution in [-0.2, 0) is 4.84 Å². The second-order valence-electron chi connectivity index (χ2n) is 2.38. The maximum absolute atomic E-state index is 9.07. The number of hydrogen-bond donors (Lipinski definition) is 5. The van der Waals surface area contributed by atoms with Gasteiger partial charge < -0.3 is 20.4 Å². The molecule has 6 heteroatoms. The zero-order valence-electron chi connectivity index (χ0n) is 5.71. The zero-order valence-corrected chi connectivity index (χ0v) is 5.71. The van der Waals surface area contributed by atoms with Crippen LogP contribution in [0.1, 0.15) is 0 Å². The van der Waals surface area contributed by atoms with Crippen LogP contribution in [0, 0.1) is 0 Å². The van der Waals surface area contributed by atoms with Crippen molar-refractivity contribution in [1.29, 1.82) is 0 Å². The number of nitrogens with one attached hydrogen (secondary N) is 1.